The van der Waals surface area contributed by atoms with E-state index in [4.69, 9.17) is 8.83 Å². The summed E-state index contributed by atoms with van der Waals surface area (Å²) in [6.45, 7) is 4.14. The van der Waals surface area contributed by atoms with E-state index in [1.165, 1.54) is 12.7 Å². The summed E-state index contributed by atoms with van der Waals surface area (Å²) < 4.78 is 10.3. The van der Waals surface area contributed by atoms with Gasteiger partial charge in [0.25, 0.3) is 5.89 Å². The van der Waals surface area contributed by atoms with Crippen molar-refractivity contribution in [3.05, 3.63) is 18.5 Å². The molecule has 5 heteroatoms. The molecule has 0 aliphatic carbocycles. The number of oxazole rings is 1. The molecule has 0 radical (unpaired) electrons. The standard InChI is InChI=1S/C9H11N3O2/c1-3-6(2)8-11-7(4-13-8)9-12-10-5-14-9/h4-6H,3H2,1-2H3. The Labute approximate surface area is 81.2 Å². The van der Waals surface area contributed by atoms with Gasteiger partial charge in [0.15, 0.2) is 11.6 Å². The fourth-order valence-corrected chi connectivity index (χ4v) is 1.07. The molecule has 2 aromatic heterocycles. The van der Waals surface area contributed by atoms with Crippen LogP contribution in [0.3, 0.4) is 0 Å². The van der Waals surface area contributed by atoms with Crippen molar-refractivity contribution < 1.29 is 8.83 Å². The van der Waals surface area contributed by atoms with Gasteiger partial charge in [-0.05, 0) is 6.42 Å². The van der Waals surface area contributed by atoms with E-state index >= 15 is 0 Å². The zero-order chi connectivity index (χ0) is 9.97. The fourth-order valence-electron chi connectivity index (χ4n) is 1.07. The van der Waals surface area contributed by atoms with Crippen LogP contribution in [0.2, 0.25) is 0 Å². The van der Waals surface area contributed by atoms with Crippen molar-refractivity contribution in [2.24, 2.45) is 0 Å². The van der Waals surface area contributed by atoms with Gasteiger partial charge in [0.1, 0.15) is 6.26 Å². The first-order valence-electron chi connectivity index (χ1n) is 4.53. The van der Waals surface area contributed by atoms with Crippen molar-refractivity contribution in [2.45, 2.75) is 26.2 Å². The first-order valence-corrected chi connectivity index (χ1v) is 4.53. The van der Waals surface area contributed by atoms with Crippen molar-refractivity contribution in [2.75, 3.05) is 0 Å². The van der Waals surface area contributed by atoms with Gasteiger partial charge in [0, 0.05) is 5.92 Å². The highest BCUT2D eigenvalue weighted by atomic mass is 16.4. The lowest BCUT2D eigenvalue weighted by Crippen LogP contribution is -1.90. The molecule has 74 valence electrons. The lowest BCUT2D eigenvalue weighted by Gasteiger charge is -1.99. The van der Waals surface area contributed by atoms with Gasteiger partial charge < -0.3 is 8.83 Å². The summed E-state index contributed by atoms with van der Waals surface area (Å²) in [5, 5.41) is 7.32. The zero-order valence-electron chi connectivity index (χ0n) is 8.10. The minimum Gasteiger partial charge on any atom is -0.448 e. The third-order valence-electron chi connectivity index (χ3n) is 2.14. The maximum Gasteiger partial charge on any atom is 0.269 e. The van der Waals surface area contributed by atoms with E-state index in [0.717, 1.165) is 6.42 Å². The van der Waals surface area contributed by atoms with E-state index in [1.807, 2.05) is 0 Å². The van der Waals surface area contributed by atoms with Crippen LogP contribution in [0.5, 0.6) is 0 Å². The third kappa shape index (κ3) is 1.53. The second kappa shape index (κ2) is 3.61. The molecule has 0 fully saturated rings. The van der Waals surface area contributed by atoms with Crippen molar-refractivity contribution in [1.29, 1.82) is 0 Å². The average molecular weight is 193 g/mol. The topological polar surface area (TPSA) is 65.0 Å². The summed E-state index contributed by atoms with van der Waals surface area (Å²) in [5.41, 5.74) is 0.595. The molecule has 0 N–H and O–H groups in total. The Morgan fingerprint density at radius 3 is 2.93 bits per heavy atom. The van der Waals surface area contributed by atoms with E-state index in [2.05, 4.69) is 29.0 Å². The third-order valence-corrected chi connectivity index (χ3v) is 2.14. The van der Waals surface area contributed by atoms with Crippen LogP contribution >= 0.6 is 0 Å². The van der Waals surface area contributed by atoms with Gasteiger partial charge in [-0.15, -0.1) is 10.2 Å². The van der Waals surface area contributed by atoms with E-state index in [9.17, 15) is 0 Å². The number of aromatic nitrogens is 3. The van der Waals surface area contributed by atoms with Gasteiger partial charge in [-0.2, -0.15) is 0 Å². The Morgan fingerprint density at radius 1 is 1.43 bits per heavy atom. The van der Waals surface area contributed by atoms with Crippen molar-refractivity contribution in [1.82, 2.24) is 15.2 Å². The van der Waals surface area contributed by atoms with Crippen LogP contribution in [0.4, 0.5) is 0 Å². The molecule has 1 unspecified atom stereocenters. The molecule has 2 rings (SSSR count). The predicted molar refractivity (Wildman–Crippen MR) is 48.5 cm³/mol. The maximum atomic E-state index is 5.30. The molecule has 0 saturated heterocycles. The number of hydrogen-bond acceptors (Lipinski definition) is 5. The van der Waals surface area contributed by atoms with Crippen molar-refractivity contribution in [3.63, 3.8) is 0 Å². The summed E-state index contributed by atoms with van der Waals surface area (Å²) in [7, 11) is 0. The minimum atomic E-state index is 0.312. The molecule has 0 bridgehead atoms. The van der Waals surface area contributed by atoms with E-state index in [1.54, 1.807) is 0 Å². The lowest BCUT2D eigenvalue weighted by molar-refractivity contribution is 0.453. The largest absolute Gasteiger partial charge is 0.448 e. The van der Waals surface area contributed by atoms with Gasteiger partial charge in [0.2, 0.25) is 6.39 Å². The zero-order valence-corrected chi connectivity index (χ0v) is 8.10. The molecule has 1 atom stereocenters. The highest BCUT2D eigenvalue weighted by Gasteiger charge is 2.14. The predicted octanol–water partition coefficient (Wildman–Crippen LogP) is 2.24. The Morgan fingerprint density at radius 2 is 2.29 bits per heavy atom. The average Bonchev–Trinajstić information content (AvgIpc) is 2.86. The van der Waals surface area contributed by atoms with Crippen molar-refractivity contribution in [3.8, 4) is 11.6 Å². The van der Waals surface area contributed by atoms with Gasteiger partial charge in [-0.25, -0.2) is 4.98 Å². The molecule has 0 aliphatic heterocycles. The Bertz CT molecular complexity index is 394. The summed E-state index contributed by atoms with van der Waals surface area (Å²) in [6, 6.07) is 0. The van der Waals surface area contributed by atoms with Gasteiger partial charge >= 0.3 is 0 Å². The van der Waals surface area contributed by atoms with Crippen LogP contribution in [0.25, 0.3) is 11.6 Å². The smallest absolute Gasteiger partial charge is 0.269 e. The first kappa shape index (κ1) is 8.93. The molecule has 0 amide bonds. The SMILES string of the molecule is CCC(C)c1nc(-c2nnco2)co1. The van der Waals surface area contributed by atoms with Crippen molar-refractivity contribution >= 4 is 0 Å². The highest BCUT2D eigenvalue weighted by molar-refractivity contribution is 5.43. The molecular formula is C9H11N3O2. The second-order valence-electron chi connectivity index (χ2n) is 3.12. The quantitative estimate of drug-likeness (QED) is 0.747. The second-order valence-corrected chi connectivity index (χ2v) is 3.12. The molecule has 0 aromatic carbocycles. The van der Waals surface area contributed by atoms with Gasteiger partial charge in [-0.1, -0.05) is 13.8 Å². The van der Waals surface area contributed by atoms with Crippen LogP contribution in [0.15, 0.2) is 21.5 Å². The summed E-state index contributed by atoms with van der Waals surface area (Å²) in [6.07, 6.45) is 3.80. The molecule has 5 nitrogen and oxygen atoms in total. The minimum absolute atomic E-state index is 0.312. The summed E-state index contributed by atoms with van der Waals surface area (Å²) in [5.74, 6) is 1.41. The van der Waals surface area contributed by atoms with Crippen LogP contribution in [-0.2, 0) is 0 Å². The molecular weight excluding hydrogens is 182 g/mol. The summed E-state index contributed by atoms with van der Waals surface area (Å²) >= 11 is 0. The van der Waals surface area contributed by atoms with Crippen LogP contribution < -0.4 is 0 Å². The Kier molecular flexibility index (Phi) is 2.30. The van der Waals surface area contributed by atoms with Crippen LogP contribution in [0.1, 0.15) is 32.1 Å². The molecule has 0 saturated carbocycles. The van der Waals surface area contributed by atoms with E-state index in [-0.39, 0.29) is 0 Å². The lowest BCUT2D eigenvalue weighted by atomic mass is 10.1. The van der Waals surface area contributed by atoms with Crippen LogP contribution in [-0.4, -0.2) is 15.2 Å². The monoisotopic (exact) mass is 193 g/mol. The maximum absolute atomic E-state index is 5.30. The molecule has 2 heterocycles. The van der Waals surface area contributed by atoms with Gasteiger partial charge in [0.05, 0.1) is 0 Å². The molecule has 0 aliphatic rings. The number of nitrogens with zero attached hydrogens (tertiary/aromatic N) is 3. The van der Waals surface area contributed by atoms with Gasteiger partial charge in [-0.3, -0.25) is 0 Å². The Balaban J connectivity index is 2.26. The molecule has 14 heavy (non-hydrogen) atoms. The first-order chi connectivity index (χ1) is 6.81. The van der Waals surface area contributed by atoms with Crippen LogP contribution in [0, 0.1) is 0 Å². The molecule has 0 spiro atoms. The number of rotatable bonds is 3. The summed E-state index contributed by atoms with van der Waals surface area (Å²) in [4.78, 5) is 4.26. The normalized spacial score (nSPS) is 13.0. The van der Waals surface area contributed by atoms with E-state index < -0.39 is 0 Å². The molecule has 2 aromatic rings. The Hall–Kier alpha value is -1.65. The van der Waals surface area contributed by atoms with E-state index in [0.29, 0.717) is 23.4 Å². The highest BCUT2D eigenvalue weighted by Crippen LogP contribution is 2.22. The fraction of sp³-hybridized carbons (Fsp3) is 0.444. The number of hydrogen-bond donors (Lipinski definition) is 0.